The summed E-state index contributed by atoms with van der Waals surface area (Å²) in [6.45, 7) is 12.9. The highest BCUT2D eigenvalue weighted by molar-refractivity contribution is 5.87. The van der Waals surface area contributed by atoms with Gasteiger partial charge in [0.1, 0.15) is 5.82 Å². The van der Waals surface area contributed by atoms with Gasteiger partial charge in [-0.25, -0.2) is 4.39 Å². The summed E-state index contributed by atoms with van der Waals surface area (Å²) in [5.74, 6) is 3.50. The third kappa shape index (κ3) is 16.3. The van der Waals surface area contributed by atoms with E-state index < -0.39 is 0 Å². The van der Waals surface area contributed by atoms with Gasteiger partial charge in [-0.15, -0.1) is 0 Å². The summed E-state index contributed by atoms with van der Waals surface area (Å²) in [5, 5.41) is 25.7. The van der Waals surface area contributed by atoms with Crippen LogP contribution in [0.1, 0.15) is 241 Å². The molecule has 9 aromatic rings. The molecule has 3 heterocycles. The molecular formula is C93H112FN9O3. The second kappa shape index (κ2) is 32.8. The number of aromatic nitrogens is 6. The smallest absolute Gasteiger partial charge is 0.229 e. The second-order valence-corrected chi connectivity index (χ2v) is 33.5. The number of nitrogens with one attached hydrogen (secondary N) is 3. The van der Waals surface area contributed by atoms with Crippen LogP contribution in [0, 0.1) is 54.7 Å². The van der Waals surface area contributed by atoms with Crippen LogP contribution in [0.15, 0.2) is 164 Å². The Morgan fingerprint density at radius 1 is 0.415 bits per heavy atom. The van der Waals surface area contributed by atoms with E-state index in [1.54, 1.807) is 12.1 Å². The molecule has 0 aliphatic heterocycles. The fourth-order valence-electron chi connectivity index (χ4n) is 20.7. The lowest BCUT2D eigenvalue weighted by molar-refractivity contribution is -0.128. The van der Waals surface area contributed by atoms with Gasteiger partial charge >= 0.3 is 0 Å². The molecule has 4 bridgehead atoms. The molecule has 6 aromatic carbocycles. The Balaban J connectivity index is 0.000000128. The number of benzene rings is 6. The maximum atomic E-state index is 14.2. The van der Waals surface area contributed by atoms with E-state index in [0.29, 0.717) is 30.3 Å². The van der Waals surface area contributed by atoms with Crippen LogP contribution in [0.4, 0.5) is 4.39 Å². The molecule has 18 rings (SSSR count). The molecule has 9 aliphatic carbocycles. The number of nitrogens with zero attached hydrogens (tertiary/aromatic N) is 6. The first-order valence-electron chi connectivity index (χ1n) is 40.9. The van der Waals surface area contributed by atoms with Crippen LogP contribution in [-0.2, 0) is 53.3 Å². The predicted molar refractivity (Wildman–Crippen MR) is 423 cm³/mol. The summed E-state index contributed by atoms with van der Waals surface area (Å²) >= 11 is 0. The van der Waals surface area contributed by atoms with E-state index in [1.165, 1.54) is 165 Å². The van der Waals surface area contributed by atoms with Crippen molar-refractivity contribution in [1.82, 2.24) is 45.3 Å². The number of fused-ring (bicyclic) bond motifs is 3. The average Bonchev–Trinajstić information content (AvgIpc) is 1.14. The van der Waals surface area contributed by atoms with E-state index >= 15 is 0 Å². The van der Waals surface area contributed by atoms with Gasteiger partial charge in [-0.05, 0) is 220 Å². The maximum Gasteiger partial charge on any atom is 0.229 e. The summed E-state index contributed by atoms with van der Waals surface area (Å²) in [4.78, 5) is 40.9. The predicted octanol–water partition coefficient (Wildman–Crippen LogP) is 19.7. The van der Waals surface area contributed by atoms with Gasteiger partial charge in [0, 0.05) is 51.5 Å². The molecule has 6 fully saturated rings. The topological polar surface area (TPSA) is 141 Å². The van der Waals surface area contributed by atoms with Crippen LogP contribution < -0.4 is 16.0 Å². The first-order valence-corrected chi connectivity index (χ1v) is 40.9. The molecule has 0 radical (unpaired) electrons. The van der Waals surface area contributed by atoms with E-state index in [0.717, 1.165) is 122 Å². The number of carbonyl (C=O) groups excluding carboxylic acids is 3. The maximum absolute atomic E-state index is 14.2. The molecule has 9 aliphatic rings. The monoisotopic (exact) mass is 1420 g/mol. The van der Waals surface area contributed by atoms with Crippen LogP contribution in [0.5, 0.6) is 0 Å². The van der Waals surface area contributed by atoms with E-state index in [2.05, 4.69) is 175 Å². The van der Waals surface area contributed by atoms with Crippen LogP contribution >= 0.6 is 0 Å². The lowest BCUT2D eigenvalue weighted by Crippen LogP contribution is -2.56. The van der Waals surface area contributed by atoms with Crippen molar-refractivity contribution < 1.29 is 18.8 Å². The number of aryl methyl sites for hydroxylation is 2. The van der Waals surface area contributed by atoms with Crippen molar-refractivity contribution in [1.29, 1.82) is 0 Å². The van der Waals surface area contributed by atoms with E-state index in [1.807, 2.05) is 35.0 Å². The quantitative estimate of drug-likeness (QED) is 0.0781. The lowest BCUT2D eigenvalue weighted by Gasteiger charge is -2.59. The zero-order valence-electron chi connectivity index (χ0n) is 63.5. The highest BCUT2D eigenvalue weighted by Gasteiger charge is 2.54. The van der Waals surface area contributed by atoms with Crippen LogP contribution in [-0.4, -0.2) is 65.2 Å². The SMILES string of the molecule is CC(NC(=O)C1CCCc2c1nn(Cc1ccccc1)c2-c1cccc(F)c1)C1CCCCC1.Cc1ccc(-c2c3c(nn2Cc2ccccc2)C(C(=O)NC(C)C24CC5CC(CC(C5)C2)C4)CCC3)cc1.Cc1ccc(-c2c3c(nn2Cc2ccccc2)C(C(=O)NC(C)C2CCCCC2)CCC3)cc1. The Morgan fingerprint density at radius 2 is 0.764 bits per heavy atom. The Morgan fingerprint density at radius 3 is 1.12 bits per heavy atom. The zero-order valence-corrected chi connectivity index (χ0v) is 63.5. The average molecular weight is 1420 g/mol. The van der Waals surface area contributed by atoms with Gasteiger partial charge in [0.15, 0.2) is 0 Å². The molecule has 554 valence electrons. The fourth-order valence-corrected chi connectivity index (χ4v) is 20.7. The summed E-state index contributed by atoms with van der Waals surface area (Å²) in [6.07, 6.45) is 29.3. The van der Waals surface area contributed by atoms with Crippen LogP contribution in [0.25, 0.3) is 33.8 Å². The minimum atomic E-state index is -0.259. The largest absolute Gasteiger partial charge is 0.353 e. The highest BCUT2D eigenvalue weighted by Crippen LogP contribution is 2.61. The molecule has 0 saturated heterocycles. The Kier molecular flexibility index (Phi) is 22.5. The molecule has 3 aromatic heterocycles. The number of rotatable bonds is 18. The van der Waals surface area contributed by atoms with Gasteiger partial charge < -0.3 is 16.0 Å². The van der Waals surface area contributed by atoms with Crippen LogP contribution in [0.3, 0.4) is 0 Å². The Bertz CT molecular complexity index is 4430. The standard InChI is InChI=1S/C34H41N3O.C30H37N3O.C29H34FN3O/c1-22-11-13-28(14-12-22)32-29-9-6-10-30(31(29)36-37(32)21-24-7-4-3-5-8-24)33(38)35-23(2)34-18-25-15-26(19-34)17-27(16-25)20-34;1-21-16-18-25(19-17-21)29-26-14-9-15-27(30(34)31-22(2)24-12-7-4-8-13-24)28(26)32-33(29)20-23-10-5-3-6-11-23;1-20(22-12-6-3-7-13-22)31-29(34)26-17-9-16-25-27(26)32-33(19-21-10-4-2-5-11-21)28(25)23-14-8-15-24(30)18-23/h3-5,7-8,11-14,23,25-27,30H,6,9-10,15-21H2,1-2H3,(H,35,38);3,5-6,10-11,16-19,22,24,27H,4,7-9,12-15,20H2,1-2H3,(H,31,34);2,4-5,8,10-11,14-15,18,20,22,26H,3,6-7,9,12-13,16-17,19H2,1H3,(H,31,34). The normalized spacial score (nSPS) is 23.3. The van der Waals surface area contributed by atoms with Gasteiger partial charge in [-0.1, -0.05) is 201 Å². The number of amides is 3. The van der Waals surface area contributed by atoms with Crippen molar-refractivity contribution in [3.8, 4) is 33.8 Å². The zero-order chi connectivity index (χ0) is 72.8. The molecule has 6 atom stereocenters. The molecule has 6 unspecified atom stereocenters. The highest BCUT2D eigenvalue weighted by atomic mass is 19.1. The minimum absolute atomic E-state index is 0.0918. The molecule has 13 heteroatoms. The number of hydrogen-bond acceptors (Lipinski definition) is 6. The molecular weight excluding hydrogens is 1310 g/mol. The van der Waals surface area contributed by atoms with Crippen molar-refractivity contribution in [3.63, 3.8) is 0 Å². The summed E-state index contributed by atoms with van der Waals surface area (Å²) in [7, 11) is 0. The van der Waals surface area contributed by atoms with Crippen molar-refractivity contribution in [2.45, 2.75) is 251 Å². The number of halogens is 1. The van der Waals surface area contributed by atoms with Crippen LogP contribution in [0.2, 0.25) is 0 Å². The molecule has 12 nitrogen and oxygen atoms in total. The summed E-state index contributed by atoms with van der Waals surface area (Å²) < 4.78 is 20.5. The first-order chi connectivity index (χ1) is 51.7. The third-order valence-corrected chi connectivity index (χ3v) is 26.0. The summed E-state index contributed by atoms with van der Waals surface area (Å²) in [5.41, 5.74) is 19.4. The summed E-state index contributed by atoms with van der Waals surface area (Å²) in [6, 6.07) is 56.2. The lowest BCUT2D eigenvalue weighted by atomic mass is 9.48. The molecule has 0 spiro atoms. The van der Waals surface area contributed by atoms with Gasteiger partial charge in [-0.2, -0.15) is 15.3 Å². The van der Waals surface area contributed by atoms with E-state index in [4.69, 9.17) is 15.3 Å². The van der Waals surface area contributed by atoms with Crippen molar-refractivity contribution in [2.75, 3.05) is 0 Å². The molecule has 6 saturated carbocycles. The minimum Gasteiger partial charge on any atom is -0.353 e. The van der Waals surface area contributed by atoms with E-state index in [9.17, 15) is 18.8 Å². The van der Waals surface area contributed by atoms with Crippen molar-refractivity contribution >= 4 is 17.7 Å². The molecule has 3 amide bonds. The van der Waals surface area contributed by atoms with E-state index in [-0.39, 0.29) is 59.4 Å². The van der Waals surface area contributed by atoms with Gasteiger partial charge in [0.2, 0.25) is 17.7 Å². The fraction of sp³-hybridized carbons (Fsp3) is 0.484. The number of carbonyl (C=O) groups is 3. The number of hydrogen-bond donors (Lipinski definition) is 3. The van der Waals surface area contributed by atoms with Gasteiger partial charge in [-0.3, -0.25) is 28.4 Å². The van der Waals surface area contributed by atoms with Crippen molar-refractivity contribution in [2.24, 2.45) is 35.0 Å². The second-order valence-electron chi connectivity index (χ2n) is 33.5. The van der Waals surface area contributed by atoms with Crippen molar-refractivity contribution in [3.05, 3.63) is 231 Å². The third-order valence-electron chi connectivity index (χ3n) is 26.0. The molecule has 106 heavy (non-hydrogen) atoms. The van der Waals surface area contributed by atoms with Gasteiger partial charge in [0.05, 0.1) is 71.6 Å². The molecule has 3 N–H and O–H groups in total. The van der Waals surface area contributed by atoms with Gasteiger partial charge in [0.25, 0.3) is 0 Å². The first kappa shape index (κ1) is 72.8. The Hall–Kier alpha value is -8.71. The Labute approximate surface area is 628 Å².